The number of carbonyl (C=O) groups is 1. The van der Waals surface area contributed by atoms with Gasteiger partial charge in [0.2, 0.25) is 0 Å². The quantitative estimate of drug-likeness (QED) is 0.755. The summed E-state index contributed by atoms with van der Waals surface area (Å²) in [6, 6.07) is 7.79. The summed E-state index contributed by atoms with van der Waals surface area (Å²) in [5.41, 5.74) is 7.83. The van der Waals surface area contributed by atoms with Gasteiger partial charge in [0.05, 0.1) is 16.3 Å². The van der Waals surface area contributed by atoms with Crippen LogP contribution in [-0.2, 0) is 5.75 Å². The van der Waals surface area contributed by atoms with Crippen molar-refractivity contribution in [3.8, 4) is 0 Å². The molecule has 1 heterocycles. The molecule has 3 rings (SSSR count). The molecule has 23 heavy (non-hydrogen) atoms. The summed E-state index contributed by atoms with van der Waals surface area (Å²) in [6.07, 6.45) is 2.38. The molecule has 1 atom stereocenters. The van der Waals surface area contributed by atoms with E-state index in [9.17, 15) is 4.79 Å². The molecular formula is C17H21N3OS2. The predicted octanol–water partition coefficient (Wildman–Crippen LogP) is 3.21. The second-order valence-corrected chi connectivity index (χ2v) is 7.93. The average molecular weight is 348 g/mol. The molecule has 0 aliphatic heterocycles. The third-order valence-electron chi connectivity index (χ3n) is 3.90. The zero-order chi connectivity index (χ0) is 16.2. The Labute approximate surface area is 144 Å². The average Bonchev–Trinajstić information content (AvgIpc) is 3.33. The number of carbonyl (C=O) groups excluding carboxylic acids is 1. The van der Waals surface area contributed by atoms with Gasteiger partial charge in [0.15, 0.2) is 0 Å². The summed E-state index contributed by atoms with van der Waals surface area (Å²) in [7, 11) is 0. The molecule has 1 saturated carbocycles. The number of aryl methyl sites for hydroxylation is 1. The number of thiazole rings is 1. The van der Waals surface area contributed by atoms with Gasteiger partial charge in [0.1, 0.15) is 0 Å². The van der Waals surface area contributed by atoms with Crippen LogP contribution in [0.4, 0.5) is 0 Å². The van der Waals surface area contributed by atoms with E-state index in [1.54, 1.807) is 23.1 Å². The summed E-state index contributed by atoms with van der Waals surface area (Å²) >= 11 is 3.30. The van der Waals surface area contributed by atoms with Crippen LogP contribution >= 0.6 is 23.1 Å². The Bertz CT molecular complexity index is 682. The van der Waals surface area contributed by atoms with E-state index in [4.69, 9.17) is 5.73 Å². The highest BCUT2D eigenvalue weighted by Gasteiger charge is 2.28. The molecule has 0 saturated heterocycles. The summed E-state index contributed by atoms with van der Waals surface area (Å²) in [4.78, 5) is 17.9. The van der Waals surface area contributed by atoms with Crippen molar-refractivity contribution < 1.29 is 4.79 Å². The second kappa shape index (κ2) is 7.47. The number of aromatic nitrogens is 1. The maximum atomic E-state index is 12.4. The lowest BCUT2D eigenvalue weighted by atomic mass is 10.2. The van der Waals surface area contributed by atoms with Crippen LogP contribution in [0.5, 0.6) is 0 Å². The highest BCUT2D eigenvalue weighted by molar-refractivity contribution is 7.98. The fourth-order valence-electron chi connectivity index (χ4n) is 2.40. The first-order valence-corrected chi connectivity index (χ1v) is 9.66. The number of benzene rings is 1. The van der Waals surface area contributed by atoms with Gasteiger partial charge in [-0.2, -0.15) is 0 Å². The fraction of sp³-hybridized carbons (Fsp3) is 0.412. The summed E-state index contributed by atoms with van der Waals surface area (Å²) in [5.74, 6) is 1.32. The monoisotopic (exact) mass is 347 g/mol. The van der Waals surface area contributed by atoms with Crippen LogP contribution in [0.3, 0.4) is 0 Å². The zero-order valence-electron chi connectivity index (χ0n) is 13.1. The molecule has 1 aliphatic rings. The zero-order valence-corrected chi connectivity index (χ0v) is 14.8. The van der Waals surface area contributed by atoms with Crippen LogP contribution in [0.1, 0.15) is 33.9 Å². The maximum Gasteiger partial charge on any atom is 0.252 e. The first-order valence-electron chi connectivity index (χ1n) is 7.80. The number of hydrogen-bond donors (Lipinski definition) is 2. The van der Waals surface area contributed by atoms with Gasteiger partial charge < -0.3 is 11.1 Å². The first kappa shape index (κ1) is 16.5. The minimum absolute atomic E-state index is 0.0429. The van der Waals surface area contributed by atoms with Gasteiger partial charge in [0, 0.05) is 28.6 Å². The van der Waals surface area contributed by atoms with E-state index < -0.39 is 0 Å². The van der Waals surface area contributed by atoms with Gasteiger partial charge in [-0.3, -0.25) is 4.79 Å². The smallest absolute Gasteiger partial charge is 0.252 e. The summed E-state index contributed by atoms with van der Waals surface area (Å²) in [6.45, 7) is 2.55. The Hall–Kier alpha value is -1.37. The van der Waals surface area contributed by atoms with E-state index in [0.29, 0.717) is 18.0 Å². The van der Waals surface area contributed by atoms with Gasteiger partial charge in [-0.15, -0.1) is 23.1 Å². The molecule has 1 aromatic carbocycles. The molecule has 1 amide bonds. The highest BCUT2D eigenvalue weighted by atomic mass is 32.2. The lowest BCUT2D eigenvalue weighted by molar-refractivity contribution is 0.0947. The highest BCUT2D eigenvalue weighted by Crippen LogP contribution is 2.31. The van der Waals surface area contributed by atoms with Crippen molar-refractivity contribution in [3.05, 3.63) is 45.9 Å². The van der Waals surface area contributed by atoms with E-state index in [1.165, 1.54) is 12.8 Å². The van der Waals surface area contributed by atoms with Crippen LogP contribution in [0.25, 0.3) is 0 Å². The van der Waals surface area contributed by atoms with Gasteiger partial charge in [-0.25, -0.2) is 4.98 Å². The number of amides is 1. The lowest BCUT2D eigenvalue weighted by Crippen LogP contribution is -2.38. The van der Waals surface area contributed by atoms with E-state index in [-0.39, 0.29) is 11.9 Å². The number of nitrogens with zero attached hydrogens (tertiary/aromatic N) is 1. The predicted molar refractivity (Wildman–Crippen MR) is 95.9 cm³/mol. The van der Waals surface area contributed by atoms with Gasteiger partial charge in [-0.1, -0.05) is 12.1 Å². The van der Waals surface area contributed by atoms with Crippen LogP contribution in [0, 0.1) is 12.8 Å². The van der Waals surface area contributed by atoms with Crippen molar-refractivity contribution in [3.63, 3.8) is 0 Å². The van der Waals surface area contributed by atoms with E-state index in [0.717, 1.165) is 21.3 Å². The molecule has 1 fully saturated rings. The Balaban J connectivity index is 1.60. The van der Waals surface area contributed by atoms with Gasteiger partial charge >= 0.3 is 0 Å². The number of thioether (sulfide) groups is 1. The van der Waals surface area contributed by atoms with E-state index in [1.807, 2.05) is 31.2 Å². The largest absolute Gasteiger partial charge is 0.350 e. The van der Waals surface area contributed by atoms with Gasteiger partial charge in [-0.05, 0) is 37.8 Å². The molecule has 1 aliphatic carbocycles. The van der Waals surface area contributed by atoms with Crippen molar-refractivity contribution >= 4 is 29.0 Å². The first-order chi connectivity index (χ1) is 11.1. The third kappa shape index (κ3) is 4.56. The molecule has 4 nitrogen and oxygen atoms in total. The minimum atomic E-state index is -0.0429. The lowest BCUT2D eigenvalue weighted by Gasteiger charge is -2.13. The SMILES string of the molecule is Cc1nc(CSc2ccccc2C(=O)NCC(N)C2CC2)cs1. The Kier molecular flexibility index (Phi) is 5.35. The molecule has 2 aromatic rings. The summed E-state index contributed by atoms with van der Waals surface area (Å²) in [5, 5.41) is 6.11. The van der Waals surface area contributed by atoms with Crippen LogP contribution in [0.15, 0.2) is 34.5 Å². The van der Waals surface area contributed by atoms with Crippen molar-refractivity contribution in [2.24, 2.45) is 11.7 Å². The molecule has 0 bridgehead atoms. The van der Waals surface area contributed by atoms with Crippen molar-refractivity contribution in [1.29, 1.82) is 0 Å². The Morgan fingerprint density at radius 1 is 1.48 bits per heavy atom. The second-order valence-electron chi connectivity index (χ2n) is 5.85. The maximum absolute atomic E-state index is 12.4. The fourth-order valence-corrected chi connectivity index (χ4v) is 4.06. The molecular weight excluding hydrogens is 326 g/mol. The topological polar surface area (TPSA) is 68.0 Å². The van der Waals surface area contributed by atoms with Crippen molar-refractivity contribution in [1.82, 2.24) is 10.3 Å². The molecule has 1 aromatic heterocycles. The summed E-state index contributed by atoms with van der Waals surface area (Å²) < 4.78 is 0. The third-order valence-corrected chi connectivity index (χ3v) is 5.83. The number of nitrogens with one attached hydrogen (secondary N) is 1. The van der Waals surface area contributed by atoms with E-state index in [2.05, 4.69) is 15.7 Å². The minimum Gasteiger partial charge on any atom is -0.350 e. The van der Waals surface area contributed by atoms with Crippen LogP contribution in [-0.4, -0.2) is 23.5 Å². The molecule has 122 valence electrons. The van der Waals surface area contributed by atoms with Crippen molar-refractivity contribution in [2.75, 3.05) is 6.54 Å². The molecule has 6 heteroatoms. The number of hydrogen-bond acceptors (Lipinski definition) is 5. The normalized spacial score (nSPS) is 15.4. The Morgan fingerprint density at radius 3 is 2.96 bits per heavy atom. The van der Waals surface area contributed by atoms with Crippen LogP contribution in [0.2, 0.25) is 0 Å². The standard InChI is InChI=1S/C17H21N3OS2/c1-11-20-13(9-22-11)10-23-16-5-3-2-4-14(16)17(21)19-8-15(18)12-6-7-12/h2-5,9,12,15H,6-8,10,18H2,1H3,(H,19,21). The molecule has 0 spiro atoms. The Morgan fingerprint density at radius 2 is 2.26 bits per heavy atom. The van der Waals surface area contributed by atoms with Gasteiger partial charge in [0.25, 0.3) is 5.91 Å². The number of nitrogens with two attached hydrogens (primary N) is 1. The van der Waals surface area contributed by atoms with E-state index >= 15 is 0 Å². The van der Waals surface area contributed by atoms with Crippen molar-refractivity contribution in [2.45, 2.75) is 36.5 Å². The molecule has 0 radical (unpaired) electrons. The van der Waals surface area contributed by atoms with Crippen LogP contribution < -0.4 is 11.1 Å². The molecule has 3 N–H and O–H groups in total. The number of rotatable bonds is 7. The molecule has 1 unspecified atom stereocenters.